The number of hydrogen-bond donors (Lipinski definition) is 2. The van der Waals surface area contributed by atoms with Gasteiger partial charge in [0, 0.05) is 40.2 Å². The number of pyridine rings is 3. The summed E-state index contributed by atoms with van der Waals surface area (Å²) in [6.07, 6.45) is 5.94. The lowest BCUT2D eigenvalue weighted by molar-refractivity contribution is -0.165. The molecular formula is C28H28F2N4O3. The number of halogens is 2. The summed E-state index contributed by atoms with van der Waals surface area (Å²) in [7, 11) is 1.54. The SMILES string of the molecule is COc1ccc2ncc(F)c(CCC34CCC(NCc5cc6cc(F)ccc6[nH]c5=O)(CC3)CO4)c2n1. The van der Waals surface area contributed by atoms with Crippen LogP contribution in [-0.4, -0.2) is 39.8 Å². The molecule has 4 aromatic rings. The van der Waals surface area contributed by atoms with Crippen molar-refractivity contribution >= 4 is 21.9 Å². The molecule has 1 aromatic carbocycles. The topological polar surface area (TPSA) is 89.1 Å². The van der Waals surface area contributed by atoms with Crippen molar-refractivity contribution in [3.8, 4) is 5.88 Å². The van der Waals surface area contributed by atoms with Gasteiger partial charge in [0.2, 0.25) is 5.88 Å². The van der Waals surface area contributed by atoms with Crippen molar-refractivity contribution in [1.82, 2.24) is 20.3 Å². The van der Waals surface area contributed by atoms with Gasteiger partial charge in [-0.05, 0) is 68.9 Å². The van der Waals surface area contributed by atoms with Crippen LogP contribution in [0.5, 0.6) is 5.88 Å². The van der Waals surface area contributed by atoms with E-state index in [0.717, 1.165) is 25.7 Å². The normalized spacial score (nSPS) is 23.1. The molecule has 2 saturated heterocycles. The molecule has 0 radical (unpaired) electrons. The zero-order chi connectivity index (χ0) is 25.6. The van der Waals surface area contributed by atoms with Gasteiger partial charge in [0.25, 0.3) is 5.56 Å². The molecule has 5 heterocycles. The number of aromatic amines is 1. The Morgan fingerprint density at radius 1 is 1.14 bits per heavy atom. The van der Waals surface area contributed by atoms with Gasteiger partial charge in [-0.15, -0.1) is 0 Å². The number of rotatable bonds is 7. The molecule has 1 saturated carbocycles. The molecule has 2 aliphatic heterocycles. The van der Waals surface area contributed by atoms with E-state index in [1.807, 2.05) is 0 Å². The van der Waals surface area contributed by atoms with E-state index in [0.29, 0.717) is 64.9 Å². The van der Waals surface area contributed by atoms with Crippen molar-refractivity contribution in [3.63, 3.8) is 0 Å². The number of benzene rings is 1. The molecule has 192 valence electrons. The lowest BCUT2D eigenvalue weighted by Crippen LogP contribution is -2.61. The number of hydrogen-bond acceptors (Lipinski definition) is 6. The van der Waals surface area contributed by atoms with Crippen LogP contribution in [0.15, 0.2) is 47.4 Å². The van der Waals surface area contributed by atoms with Crippen LogP contribution in [0, 0.1) is 11.6 Å². The Bertz CT molecular complexity index is 1530. The molecule has 2 N–H and O–H groups in total. The molecule has 0 atom stereocenters. The largest absolute Gasteiger partial charge is 0.481 e. The summed E-state index contributed by atoms with van der Waals surface area (Å²) in [6.45, 7) is 0.901. The first kappa shape index (κ1) is 23.9. The van der Waals surface area contributed by atoms with E-state index in [-0.39, 0.29) is 28.3 Å². The summed E-state index contributed by atoms with van der Waals surface area (Å²) < 4.78 is 40.1. The maximum atomic E-state index is 14.8. The molecule has 2 bridgehead atoms. The zero-order valence-corrected chi connectivity index (χ0v) is 20.6. The van der Waals surface area contributed by atoms with Crippen molar-refractivity contribution in [2.24, 2.45) is 0 Å². The summed E-state index contributed by atoms with van der Waals surface area (Å²) in [6, 6.07) is 9.59. The van der Waals surface area contributed by atoms with Crippen molar-refractivity contribution in [2.45, 2.75) is 56.2 Å². The zero-order valence-electron chi connectivity index (χ0n) is 20.6. The monoisotopic (exact) mass is 506 g/mol. The van der Waals surface area contributed by atoms with Gasteiger partial charge in [0.1, 0.15) is 11.6 Å². The quantitative estimate of drug-likeness (QED) is 0.382. The van der Waals surface area contributed by atoms with Crippen LogP contribution in [-0.2, 0) is 17.7 Å². The molecule has 7 rings (SSSR count). The Morgan fingerprint density at radius 2 is 1.97 bits per heavy atom. The lowest BCUT2D eigenvalue weighted by Gasteiger charge is -2.53. The van der Waals surface area contributed by atoms with Gasteiger partial charge in [0.15, 0.2) is 0 Å². The highest BCUT2D eigenvalue weighted by Gasteiger charge is 2.49. The first-order valence-corrected chi connectivity index (χ1v) is 12.6. The van der Waals surface area contributed by atoms with Gasteiger partial charge in [-0.25, -0.2) is 13.8 Å². The van der Waals surface area contributed by atoms with E-state index in [2.05, 4.69) is 20.3 Å². The first-order valence-electron chi connectivity index (χ1n) is 12.6. The number of fused-ring (bicyclic) bond motifs is 5. The maximum absolute atomic E-state index is 14.8. The second-order valence-electron chi connectivity index (χ2n) is 10.3. The minimum atomic E-state index is -0.368. The average Bonchev–Trinajstić information content (AvgIpc) is 2.92. The minimum Gasteiger partial charge on any atom is -0.481 e. The van der Waals surface area contributed by atoms with Gasteiger partial charge in [0.05, 0.1) is 36.5 Å². The third-order valence-corrected chi connectivity index (χ3v) is 8.09. The molecule has 1 aliphatic carbocycles. The van der Waals surface area contributed by atoms with Crippen molar-refractivity contribution in [1.29, 1.82) is 0 Å². The van der Waals surface area contributed by atoms with Gasteiger partial charge in [-0.3, -0.25) is 9.78 Å². The number of nitrogens with zero attached hydrogens (tertiary/aromatic N) is 2. The van der Waals surface area contributed by atoms with E-state index < -0.39 is 0 Å². The summed E-state index contributed by atoms with van der Waals surface area (Å²) in [5.74, 6) is -0.277. The molecule has 7 nitrogen and oxygen atoms in total. The number of H-pyrrole nitrogens is 1. The number of nitrogens with one attached hydrogen (secondary N) is 2. The lowest BCUT2D eigenvalue weighted by atomic mass is 9.69. The Labute approximate surface area is 212 Å². The molecule has 3 fully saturated rings. The summed E-state index contributed by atoms with van der Waals surface area (Å²) >= 11 is 0. The standard InChI is InChI=1S/C28H28F2N4O3/c1-36-24-5-4-23-25(34-24)20(21(30)15-31-23)6-7-28-10-8-27(9-11-28,16-37-28)32-14-18-12-17-13-19(29)2-3-22(17)33-26(18)35/h2-5,12-13,15,32H,6-11,14,16H2,1H3,(H,33,35). The Kier molecular flexibility index (Phi) is 5.92. The molecule has 37 heavy (non-hydrogen) atoms. The fraction of sp³-hybridized carbons (Fsp3) is 0.393. The smallest absolute Gasteiger partial charge is 0.252 e. The third kappa shape index (κ3) is 4.46. The van der Waals surface area contributed by atoms with Crippen LogP contribution in [0.3, 0.4) is 0 Å². The fourth-order valence-corrected chi connectivity index (χ4v) is 5.73. The fourth-order valence-electron chi connectivity index (χ4n) is 5.73. The first-order chi connectivity index (χ1) is 17.9. The van der Waals surface area contributed by atoms with Crippen LogP contribution in [0.2, 0.25) is 0 Å². The molecule has 0 spiro atoms. The number of aryl methyl sites for hydroxylation is 1. The van der Waals surface area contributed by atoms with Crippen molar-refractivity contribution < 1.29 is 18.3 Å². The van der Waals surface area contributed by atoms with Crippen LogP contribution in [0.1, 0.15) is 43.2 Å². The highest BCUT2D eigenvalue weighted by molar-refractivity contribution is 5.79. The molecule has 0 unspecified atom stereocenters. The van der Waals surface area contributed by atoms with Gasteiger partial charge < -0.3 is 19.8 Å². The van der Waals surface area contributed by atoms with Crippen molar-refractivity contribution in [3.05, 3.63) is 75.7 Å². The highest BCUT2D eigenvalue weighted by Crippen LogP contribution is 2.46. The second kappa shape index (κ2) is 9.15. The second-order valence-corrected chi connectivity index (χ2v) is 10.3. The number of methoxy groups -OCH3 is 1. The van der Waals surface area contributed by atoms with Crippen LogP contribution in [0.4, 0.5) is 8.78 Å². The van der Waals surface area contributed by atoms with Crippen molar-refractivity contribution in [2.75, 3.05) is 13.7 Å². The van der Waals surface area contributed by atoms with Gasteiger partial charge in [-0.1, -0.05) is 0 Å². The molecule has 3 aliphatic rings. The maximum Gasteiger partial charge on any atom is 0.252 e. The molecular weight excluding hydrogens is 478 g/mol. The molecule has 9 heteroatoms. The predicted molar refractivity (Wildman–Crippen MR) is 136 cm³/mol. The van der Waals surface area contributed by atoms with E-state index >= 15 is 0 Å². The van der Waals surface area contributed by atoms with E-state index in [1.54, 1.807) is 24.3 Å². The number of ether oxygens (including phenoxy) is 2. The predicted octanol–water partition coefficient (Wildman–Crippen LogP) is 4.56. The summed E-state index contributed by atoms with van der Waals surface area (Å²) in [5.41, 5.74) is 2.19. The van der Waals surface area contributed by atoms with E-state index in [4.69, 9.17) is 9.47 Å². The van der Waals surface area contributed by atoms with E-state index in [1.165, 1.54) is 25.4 Å². The van der Waals surface area contributed by atoms with Crippen LogP contribution < -0.4 is 15.6 Å². The summed E-state index contributed by atoms with van der Waals surface area (Å²) in [5, 5.41) is 4.23. The average molecular weight is 507 g/mol. The molecule has 3 aromatic heterocycles. The van der Waals surface area contributed by atoms with Crippen LogP contribution in [0.25, 0.3) is 21.9 Å². The van der Waals surface area contributed by atoms with Crippen LogP contribution >= 0.6 is 0 Å². The van der Waals surface area contributed by atoms with E-state index in [9.17, 15) is 13.6 Å². The minimum absolute atomic E-state index is 0.179. The van der Waals surface area contributed by atoms with Gasteiger partial charge >= 0.3 is 0 Å². The third-order valence-electron chi connectivity index (χ3n) is 8.09. The highest BCUT2D eigenvalue weighted by atomic mass is 19.1. The Balaban J connectivity index is 1.13. The number of aromatic nitrogens is 3. The summed E-state index contributed by atoms with van der Waals surface area (Å²) in [4.78, 5) is 24.0. The Morgan fingerprint density at radius 3 is 2.73 bits per heavy atom. The Hall–Kier alpha value is -3.43. The molecule has 0 amide bonds. The van der Waals surface area contributed by atoms with Gasteiger partial charge in [-0.2, -0.15) is 0 Å².